The standard InChI is InChI=1S/C24H36F4O5/c1-13-14(2)18-10-16(13)11-19(18)20(29)31-17-8-6-15(7-9-17)12-23(25,24(26,27)28)33-21(30)32-22(3,4)5/h13-19H,6-12H2,1-5H3. The van der Waals surface area contributed by atoms with Crippen LogP contribution in [0.4, 0.5) is 22.4 Å². The SMILES string of the molecule is CC1C2CC(C(=O)OC3CCC(CC(F)(OC(=O)OC(C)(C)C)C(F)(F)F)CC3)C(C2)C1C. The van der Waals surface area contributed by atoms with Crippen molar-refractivity contribution in [2.75, 3.05) is 0 Å². The number of carbonyl (C=O) groups is 2. The molecule has 0 aromatic carbocycles. The van der Waals surface area contributed by atoms with Gasteiger partial charge in [0.15, 0.2) is 0 Å². The fourth-order valence-corrected chi connectivity index (χ4v) is 5.91. The van der Waals surface area contributed by atoms with Crippen LogP contribution in [0.2, 0.25) is 0 Å². The minimum atomic E-state index is -5.39. The van der Waals surface area contributed by atoms with Gasteiger partial charge in [0.2, 0.25) is 0 Å². The molecule has 9 heteroatoms. The van der Waals surface area contributed by atoms with Crippen LogP contribution in [-0.4, -0.2) is 35.9 Å². The van der Waals surface area contributed by atoms with E-state index in [0.29, 0.717) is 36.5 Å². The average molecular weight is 481 g/mol. The van der Waals surface area contributed by atoms with Gasteiger partial charge in [-0.05, 0) is 88.9 Å². The monoisotopic (exact) mass is 480 g/mol. The van der Waals surface area contributed by atoms with Gasteiger partial charge < -0.3 is 14.2 Å². The number of fused-ring (bicyclic) bond motifs is 2. The summed E-state index contributed by atoms with van der Waals surface area (Å²) in [6.07, 6.45) is -5.31. The maximum Gasteiger partial charge on any atom is 0.511 e. The number of ether oxygens (including phenoxy) is 3. The minimum Gasteiger partial charge on any atom is -0.462 e. The summed E-state index contributed by atoms with van der Waals surface area (Å²) >= 11 is 0. The molecule has 0 heterocycles. The molecule has 3 rings (SSSR count). The number of hydrogen-bond acceptors (Lipinski definition) is 5. The fraction of sp³-hybridized carbons (Fsp3) is 0.917. The van der Waals surface area contributed by atoms with E-state index in [1.165, 1.54) is 20.8 Å². The first kappa shape index (κ1) is 26.1. The molecule has 2 bridgehead atoms. The zero-order valence-electron chi connectivity index (χ0n) is 20.0. The van der Waals surface area contributed by atoms with Crippen molar-refractivity contribution in [3.05, 3.63) is 0 Å². The molecule has 3 fully saturated rings. The van der Waals surface area contributed by atoms with Gasteiger partial charge in [-0.25, -0.2) is 4.79 Å². The molecule has 0 spiro atoms. The molecule has 3 aliphatic carbocycles. The highest BCUT2D eigenvalue weighted by molar-refractivity contribution is 5.73. The third-order valence-corrected chi connectivity index (χ3v) is 7.89. The Bertz CT molecular complexity index is 723. The lowest BCUT2D eigenvalue weighted by molar-refractivity contribution is -0.324. The zero-order chi connectivity index (χ0) is 24.8. The molecule has 0 aromatic rings. The molecule has 6 atom stereocenters. The molecular formula is C24H36F4O5. The van der Waals surface area contributed by atoms with Crippen LogP contribution in [0.3, 0.4) is 0 Å². The number of rotatable bonds is 5. The number of alkyl halides is 4. The lowest BCUT2D eigenvalue weighted by Crippen LogP contribution is -2.47. The van der Waals surface area contributed by atoms with Crippen molar-refractivity contribution in [1.82, 2.24) is 0 Å². The molecule has 33 heavy (non-hydrogen) atoms. The van der Waals surface area contributed by atoms with E-state index in [1.807, 2.05) is 0 Å². The first-order chi connectivity index (χ1) is 15.1. The second-order valence-electron chi connectivity index (χ2n) is 11.3. The van der Waals surface area contributed by atoms with Crippen LogP contribution in [-0.2, 0) is 19.0 Å². The van der Waals surface area contributed by atoms with Gasteiger partial charge in [0, 0.05) is 6.42 Å². The van der Waals surface area contributed by atoms with Crippen LogP contribution in [0.15, 0.2) is 0 Å². The van der Waals surface area contributed by atoms with Crippen LogP contribution in [0, 0.1) is 35.5 Å². The lowest BCUT2D eigenvalue weighted by atomic mass is 9.75. The van der Waals surface area contributed by atoms with Crippen molar-refractivity contribution in [1.29, 1.82) is 0 Å². The molecule has 0 N–H and O–H groups in total. The number of carbonyl (C=O) groups excluding carboxylic acids is 2. The van der Waals surface area contributed by atoms with Crippen LogP contribution in [0.1, 0.15) is 79.6 Å². The smallest absolute Gasteiger partial charge is 0.462 e. The number of esters is 1. The van der Waals surface area contributed by atoms with Gasteiger partial charge in [-0.15, -0.1) is 0 Å². The Morgan fingerprint density at radius 2 is 1.48 bits per heavy atom. The number of hydrogen-bond donors (Lipinski definition) is 0. The predicted octanol–water partition coefficient (Wildman–Crippen LogP) is 6.59. The van der Waals surface area contributed by atoms with Crippen LogP contribution < -0.4 is 0 Å². The van der Waals surface area contributed by atoms with Gasteiger partial charge in [-0.1, -0.05) is 13.8 Å². The molecule has 0 saturated heterocycles. The topological polar surface area (TPSA) is 61.8 Å². The van der Waals surface area contributed by atoms with Gasteiger partial charge in [0.05, 0.1) is 5.92 Å². The Kier molecular flexibility index (Phi) is 7.31. The normalized spacial score (nSPS) is 36.2. The Hall–Kier alpha value is -1.54. The highest BCUT2D eigenvalue weighted by Crippen LogP contribution is 2.55. The van der Waals surface area contributed by atoms with Crippen LogP contribution in [0.25, 0.3) is 0 Å². The van der Waals surface area contributed by atoms with Crippen molar-refractivity contribution in [2.24, 2.45) is 35.5 Å². The highest BCUT2D eigenvalue weighted by atomic mass is 19.4. The van der Waals surface area contributed by atoms with E-state index in [0.717, 1.165) is 12.8 Å². The summed E-state index contributed by atoms with van der Waals surface area (Å²) < 4.78 is 69.7. The first-order valence-corrected chi connectivity index (χ1v) is 12.0. The average Bonchev–Trinajstić information content (AvgIpc) is 3.21. The molecule has 190 valence electrons. The second kappa shape index (κ2) is 9.25. The largest absolute Gasteiger partial charge is 0.511 e. The zero-order valence-corrected chi connectivity index (χ0v) is 20.0. The third-order valence-electron chi connectivity index (χ3n) is 7.89. The highest BCUT2D eigenvalue weighted by Gasteiger charge is 2.61. The van der Waals surface area contributed by atoms with Gasteiger partial charge in [-0.2, -0.15) is 17.6 Å². The van der Waals surface area contributed by atoms with Gasteiger partial charge >= 0.3 is 24.2 Å². The molecule has 3 aliphatic rings. The van der Waals surface area contributed by atoms with Crippen molar-refractivity contribution in [3.8, 4) is 0 Å². The molecule has 6 unspecified atom stereocenters. The summed E-state index contributed by atoms with van der Waals surface area (Å²) in [4.78, 5) is 24.4. The molecule has 3 saturated carbocycles. The predicted molar refractivity (Wildman–Crippen MR) is 112 cm³/mol. The van der Waals surface area contributed by atoms with E-state index in [2.05, 4.69) is 18.6 Å². The van der Waals surface area contributed by atoms with E-state index >= 15 is 0 Å². The van der Waals surface area contributed by atoms with E-state index in [9.17, 15) is 27.2 Å². The maximum absolute atomic E-state index is 14.8. The molecule has 5 nitrogen and oxygen atoms in total. The minimum absolute atomic E-state index is 0.0927. The molecular weight excluding hydrogens is 444 g/mol. The van der Waals surface area contributed by atoms with E-state index in [-0.39, 0.29) is 30.8 Å². The Labute approximate surface area is 192 Å². The Morgan fingerprint density at radius 3 is 1.97 bits per heavy atom. The maximum atomic E-state index is 14.8. The van der Waals surface area contributed by atoms with E-state index < -0.39 is 36.1 Å². The summed E-state index contributed by atoms with van der Waals surface area (Å²) in [7, 11) is 0. The summed E-state index contributed by atoms with van der Waals surface area (Å²) in [6, 6.07) is 0. The van der Waals surface area contributed by atoms with Gasteiger partial charge in [-0.3, -0.25) is 4.79 Å². The second-order valence-corrected chi connectivity index (χ2v) is 11.3. The van der Waals surface area contributed by atoms with Crippen molar-refractivity contribution in [2.45, 2.75) is 103 Å². The molecule has 0 aliphatic heterocycles. The van der Waals surface area contributed by atoms with Gasteiger partial charge in [0.25, 0.3) is 0 Å². The van der Waals surface area contributed by atoms with Crippen molar-refractivity contribution in [3.63, 3.8) is 0 Å². The van der Waals surface area contributed by atoms with Crippen LogP contribution in [0.5, 0.6) is 0 Å². The quantitative estimate of drug-likeness (QED) is 0.328. The summed E-state index contributed by atoms with van der Waals surface area (Å²) in [5.74, 6) is -3.06. The van der Waals surface area contributed by atoms with Gasteiger partial charge in [0.1, 0.15) is 11.7 Å². The van der Waals surface area contributed by atoms with Crippen LogP contribution >= 0.6 is 0 Å². The van der Waals surface area contributed by atoms with E-state index in [1.54, 1.807) is 0 Å². The third kappa shape index (κ3) is 5.94. The number of halogens is 4. The fourth-order valence-electron chi connectivity index (χ4n) is 5.91. The molecule has 0 radical (unpaired) electrons. The lowest BCUT2D eigenvalue weighted by Gasteiger charge is -2.35. The molecule has 0 aromatic heterocycles. The van der Waals surface area contributed by atoms with Crippen molar-refractivity contribution < 1.29 is 41.4 Å². The Balaban J connectivity index is 1.51. The van der Waals surface area contributed by atoms with E-state index in [4.69, 9.17) is 9.47 Å². The van der Waals surface area contributed by atoms with Crippen molar-refractivity contribution >= 4 is 12.1 Å². The summed E-state index contributed by atoms with van der Waals surface area (Å²) in [5.41, 5.74) is -1.11. The summed E-state index contributed by atoms with van der Waals surface area (Å²) in [6.45, 7) is 8.76. The first-order valence-electron chi connectivity index (χ1n) is 12.0. The Morgan fingerprint density at radius 1 is 0.879 bits per heavy atom. The summed E-state index contributed by atoms with van der Waals surface area (Å²) in [5, 5.41) is 0. The molecule has 0 amide bonds.